The SMILES string of the molecule is CCOc1cc(F)c(CNc2ccccc2C(=[NH2+])c2ncc(CC(C)(C)NC(=O)OC(C)(C)C)c(N)n2)c(F)c1. The Morgan fingerprint density at radius 2 is 1.75 bits per heavy atom. The van der Waals surface area contributed by atoms with Gasteiger partial charge < -0.3 is 25.8 Å². The van der Waals surface area contributed by atoms with E-state index in [1.165, 1.54) is 0 Å². The Labute approximate surface area is 233 Å². The molecule has 0 atom stereocenters. The van der Waals surface area contributed by atoms with E-state index in [1.54, 1.807) is 58.2 Å². The first-order valence-electron chi connectivity index (χ1n) is 12.9. The number of alkyl carbamates (subject to hydrolysis) is 1. The van der Waals surface area contributed by atoms with Gasteiger partial charge >= 0.3 is 6.09 Å². The average molecular weight is 556 g/mol. The number of carbonyl (C=O) groups excluding carboxylic acids is 1. The normalized spacial score (nSPS) is 11.6. The molecular weight excluding hydrogens is 518 g/mol. The van der Waals surface area contributed by atoms with Gasteiger partial charge in [0.1, 0.15) is 28.8 Å². The number of nitrogens with two attached hydrogens (primary N) is 2. The van der Waals surface area contributed by atoms with Crippen LogP contribution in [0.1, 0.15) is 64.1 Å². The minimum Gasteiger partial charge on any atom is -0.494 e. The topological polar surface area (TPSA) is 137 Å². The molecule has 0 aliphatic carbocycles. The Balaban J connectivity index is 1.75. The van der Waals surface area contributed by atoms with E-state index in [2.05, 4.69) is 20.6 Å². The maximum atomic E-state index is 14.5. The smallest absolute Gasteiger partial charge is 0.408 e. The first kappa shape index (κ1) is 30.3. The molecule has 0 unspecified atom stereocenters. The number of para-hydroxylation sites is 1. The summed E-state index contributed by atoms with van der Waals surface area (Å²) in [6, 6.07) is 9.31. The summed E-state index contributed by atoms with van der Waals surface area (Å²) in [5, 5.41) is 12.3. The third-order valence-corrected chi connectivity index (χ3v) is 5.71. The summed E-state index contributed by atoms with van der Waals surface area (Å²) in [5.74, 6) is -0.924. The van der Waals surface area contributed by atoms with E-state index in [4.69, 9.17) is 20.6 Å². The number of benzene rings is 2. The van der Waals surface area contributed by atoms with Crippen molar-refractivity contribution in [3.05, 3.63) is 76.7 Å². The van der Waals surface area contributed by atoms with Crippen molar-refractivity contribution in [1.82, 2.24) is 15.3 Å². The van der Waals surface area contributed by atoms with Crippen LogP contribution in [0.4, 0.5) is 25.1 Å². The lowest BCUT2D eigenvalue weighted by molar-refractivity contribution is -0.112. The summed E-state index contributed by atoms with van der Waals surface area (Å²) in [6.07, 6.45) is 1.36. The number of anilines is 2. The van der Waals surface area contributed by atoms with Crippen molar-refractivity contribution in [2.45, 2.75) is 65.6 Å². The number of ether oxygens (including phenoxy) is 2. The van der Waals surface area contributed by atoms with Gasteiger partial charge in [-0.05, 0) is 53.7 Å². The molecule has 1 aromatic heterocycles. The number of nitrogens with zero attached hydrogens (tertiary/aromatic N) is 2. The van der Waals surface area contributed by atoms with Crippen molar-refractivity contribution >= 4 is 23.3 Å². The summed E-state index contributed by atoms with van der Waals surface area (Å²) in [6.45, 7) is 10.9. The number of aromatic nitrogens is 2. The molecule has 214 valence electrons. The van der Waals surface area contributed by atoms with Crippen LogP contribution in [-0.4, -0.2) is 39.5 Å². The molecule has 3 rings (SSSR count). The van der Waals surface area contributed by atoms with E-state index in [0.717, 1.165) is 12.1 Å². The lowest BCUT2D eigenvalue weighted by Crippen LogP contribution is -2.47. The number of carbonyl (C=O) groups is 1. The molecule has 0 aliphatic rings. The van der Waals surface area contributed by atoms with Gasteiger partial charge in [0.25, 0.3) is 5.71 Å². The maximum absolute atomic E-state index is 14.5. The Morgan fingerprint density at radius 1 is 1.10 bits per heavy atom. The van der Waals surface area contributed by atoms with Crippen molar-refractivity contribution in [2.24, 2.45) is 0 Å². The number of nitrogen functional groups attached to an aromatic ring is 1. The predicted molar refractivity (Wildman–Crippen MR) is 150 cm³/mol. The van der Waals surface area contributed by atoms with Crippen LogP contribution in [0.15, 0.2) is 42.6 Å². The Bertz CT molecular complexity index is 1370. The lowest BCUT2D eigenvalue weighted by atomic mass is 9.96. The molecule has 1 amide bonds. The van der Waals surface area contributed by atoms with Crippen LogP contribution in [0.5, 0.6) is 5.75 Å². The van der Waals surface area contributed by atoms with E-state index in [-0.39, 0.29) is 35.2 Å². The molecule has 0 fully saturated rings. The highest BCUT2D eigenvalue weighted by Crippen LogP contribution is 2.24. The van der Waals surface area contributed by atoms with Crippen molar-refractivity contribution in [1.29, 1.82) is 0 Å². The largest absolute Gasteiger partial charge is 0.494 e. The molecule has 0 spiro atoms. The van der Waals surface area contributed by atoms with Crippen molar-refractivity contribution in [3.8, 4) is 5.75 Å². The summed E-state index contributed by atoms with van der Waals surface area (Å²) in [4.78, 5) is 21.0. The first-order chi connectivity index (χ1) is 18.7. The molecule has 40 heavy (non-hydrogen) atoms. The minimum absolute atomic E-state index is 0.126. The standard InChI is InChI=1S/C29H36F2N6O3/c1-7-39-18-12-21(30)20(22(31)13-18)16-34-23-11-9-8-10-19(23)24(32)26-35-15-17(25(33)36-26)14-29(5,6)37-27(38)40-28(2,3)4/h8-13,15,32,34H,7,14,16H2,1-6H3,(H,37,38)(H2,33,35,36)/p+1. The van der Waals surface area contributed by atoms with E-state index in [1.807, 2.05) is 13.8 Å². The van der Waals surface area contributed by atoms with Crippen LogP contribution in [0.3, 0.4) is 0 Å². The van der Waals surface area contributed by atoms with Crippen LogP contribution >= 0.6 is 0 Å². The van der Waals surface area contributed by atoms with E-state index in [9.17, 15) is 13.6 Å². The van der Waals surface area contributed by atoms with E-state index < -0.39 is 28.9 Å². The number of hydrogen-bond donors (Lipinski definition) is 4. The fraction of sp³-hybridized carbons (Fsp3) is 0.379. The van der Waals surface area contributed by atoms with Gasteiger partial charge in [-0.2, -0.15) is 0 Å². The lowest BCUT2D eigenvalue weighted by Gasteiger charge is -2.28. The van der Waals surface area contributed by atoms with E-state index in [0.29, 0.717) is 29.8 Å². The molecule has 9 nitrogen and oxygen atoms in total. The fourth-order valence-corrected chi connectivity index (χ4v) is 3.96. The zero-order chi connectivity index (χ0) is 29.7. The molecule has 11 heteroatoms. The molecule has 0 aliphatic heterocycles. The second-order valence-corrected chi connectivity index (χ2v) is 10.9. The summed E-state index contributed by atoms with van der Waals surface area (Å²) < 4.78 is 39.6. The second-order valence-electron chi connectivity index (χ2n) is 10.9. The number of nitrogens with one attached hydrogen (secondary N) is 2. The van der Waals surface area contributed by atoms with Gasteiger partial charge in [0.2, 0.25) is 5.82 Å². The zero-order valence-electron chi connectivity index (χ0n) is 23.7. The van der Waals surface area contributed by atoms with Gasteiger partial charge in [-0.1, -0.05) is 12.1 Å². The molecule has 3 aromatic rings. The van der Waals surface area contributed by atoms with Gasteiger partial charge in [0.05, 0.1) is 12.2 Å². The summed E-state index contributed by atoms with van der Waals surface area (Å²) in [5.41, 5.74) is 6.69. The molecule has 2 aromatic carbocycles. The van der Waals surface area contributed by atoms with Gasteiger partial charge in [0, 0.05) is 53.6 Å². The van der Waals surface area contributed by atoms with Crippen molar-refractivity contribution in [2.75, 3.05) is 17.7 Å². The Hall–Kier alpha value is -4.28. The third-order valence-electron chi connectivity index (χ3n) is 5.71. The molecular formula is C29H37F2N6O3+. The highest BCUT2D eigenvalue weighted by Gasteiger charge is 2.27. The number of halogens is 2. The first-order valence-corrected chi connectivity index (χ1v) is 12.9. The van der Waals surface area contributed by atoms with Gasteiger partial charge in [0.15, 0.2) is 0 Å². The third kappa shape index (κ3) is 8.11. The summed E-state index contributed by atoms with van der Waals surface area (Å²) in [7, 11) is 0. The Kier molecular flexibility index (Phi) is 9.28. The van der Waals surface area contributed by atoms with Crippen molar-refractivity contribution < 1.29 is 28.5 Å². The van der Waals surface area contributed by atoms with Gasteiger partial charge in [-0.3, -0.25) is 5.41 Å². The minimum atomic E-state index is -0.721. The predicted octanol–water partition coefficient (Wildman–Crippen LogP) is 3.79. The highest BCUT2D eigenvalue weighted by atomic mass is 19.1. The molecule has 6 N–H and O–H groups in total. The maximum Gasteiger partial charge on any atom is 0.408 e. The molecule has 0 saturated carbocycles. The molecule has 0 bridgehead atoms. The number of hydrogen-bond acceptors (Lipinski definition) is 7. The number of amides is 1. The molecule has 1 heterocycles. The number of rotatable bonds is 10. The molecule has 0 radical (unpaired) electrons. The van der Waals surface area contributed by atoms with Crippen molar-refractivity contribution in [3.63, 3.8) is 0 Å². The van der Waals surface area contributed by atoms with Crippen LogP contribution in [0, 0.1) is 11.6 Å². The van der Waals surface area contributed by atoms with Crippen LogP contribution < -0.4 is 26.5 Å². The summed E-state index contributed by atoms with van der Waals surface area (Å²) >= 11 is 0. The van der Waals surface area contributed by atoms with Crippen LogP contribution in [0.2, 0.25) is 0 Å². The molecule has 0 saturated heterocycles. The Morgan fingerprint density at radius 3 is 2.35 bits per heavy atom. The quantitative estimate of drug-likeness (QED) is 0.279. The highest BCUT2D eigenvalue weighted by molar-refractivity contribution is 6.10. The average Bonchev–Trinajstić information content (AvgIpc) is 2.83. The van der Waals surface area contributed by atoms with Gasteiger partial charge in [-0.15, -0.1) is 0 Å². The second kappa shape index (κ2) is 12.3. The monoisotopic (exact) mass is 555 g/mol. The van der Waals surface area contributed by atoms with Crippen LogP contribution in [-0.2, 0) is 17.7 Å². The van der Waals surface area contributed by atoms with Gasteiger partial charge in [-0.25, -0.2) is 23.5 Å². The zero-order valence-corrected chi connectivity index (χ0v) is 23.7. The fourth-order valence-electron chi connectivity index (χ4n) is 3.96. The van der Waals surface area contributed by atoms with Crippen LogP contribution in [0.25, 0.3) is 0 Å². The van der Waals surface area contributed by atoms with E-state index >= 15 is 0 Å².